The number of hydrogen-bond acceptors (Lipinski definition) is 7. The van der Waals surface area contributed by atoms with Gasteiger partial charge < -0.3 is 30.3 Å². The second-order valence-electron chi connectivity index (χ2n) is 11.0. The standard InChI is InChI=1S/C30H28ClF2N5O5S/c1-16(25-8-17(13-44-25)27(34)35)36-28(41)24-11-29(42-6-7-43-29)14-38(24)26(40)12-37(15-39)19-3-5-22-21(10-19)20-4-2-18(31)9-23(20)30(22,32)33/h2-5,8-10,13,15-16,24H,6-7,11-12,14H2,1H3,(H3,34,35)(H,36,41)/t16-,24+/m1/s1. The first kappa shape index (κ1) is 30.1. The van der Waals surface area contributed by atoms with Gasteiger partial charge in [0.15, 0.2) is 5.79 Å². The summed E-state index contributed by atoms with van der Waals surface area (Å²) in [6.45, 7) is 1.92. The van der Waals surface area contributed by atoms with Gasteiger partial charge in [0.2, 0.25) is 18.2 Å². The molecule has 0 radical (unpaired) electrons. The third kappa shape index (κ3) is 5.23. The van der Waals surface area contributed by atoms with Crippen molar-refractivity contribution >= 4 is 52.7 Å². The van der Waals surface area contributed by atoms with E-state index in [0.29, 0.717) is 25.2 Å². The number of amides is 3. The van der Waals surface area contributed by atoms with E-state index in [1.807, 2.05) is 0 Å². The van der Waals surface area contributed by atoms with E-state index >= 15 is 8.78 Å². The molecule has 0 saturated carbocycles. The van der Waals surface area contributed by atoms with Crippen LogP contribution in [0.15, 0.2) is 47.8 Å². The van der Waals surface area contributed by atoms with Gasteiger partial charge in [0, 0.05) is 44.1 Å². The molecule has 3 amide bonds. The first-order valence-corrected chi connectivity index (χ1v) is 15.0. The molecular weight excluding hydrogens is 616 g/mol. The Labute approximate surface area is 260 Å². The zero-order valence-corrected chi connectivity index (χ0v) is 25.0. The summed E-state index contributed by atoms with van der Waals surface area (Å²) >= 11 is 7.32. The first-order valence-electron chi connectivity index (χ1n) is 13.8. The lowest BCUT2D eigenvalue weighted by molar-refractivity contribution is -0.152. The molecule has 2 atom stereocenters. The van der Waals surface area contributed by atoms with Crippen LogP contribution in [0.4, 0.5) is 14.5 Å². The van der Waals surface area contributed by atoms with Crippen molar-refractivity contribution in [2.45, 2.75) is 37.1 Å². The summed E-state index contributed by atoms with van der Waals surface area (Å²) in [7, 11) is 0. The van der Waals surface area contributed by atoms with Crippen LogP contribution in [0.3, 0.4) is 0 Å². The number of anilines is 1. The minimum absolute atomic E-state index is 0.0248. The van der Waals surface area contributed by atoms with Crippen molar-refractivity contribution in [2.75, 3.05) is 31.2 Å². The number of benzene rings is 2. The molecular formula is C30H28ClF2N5O5S. The Hall–Kier alpha value is -3.91. The topological polar surface area (TPSA) is 138 Å². The first-order chi connectivity index (χ1) is 20.9. The van der Waals surface area contributed by atoms with Crippen LogP contribution in [0, 0.1) is 5.41 Å². The largest absolute Gasteiger partial charge is 0.384 e. The summed E-state index contributed by atoms with van der Waals surface area (Å²) in [5, 5.41) is 12.4. The Balaban J connectivity index is 1.23. The lowest BCUT2D eigenvalue weighted by Crippen LogP contribution is -2.49. The van der Waals surface area contributed by atoms with Gasteiger partial charge in [0.05, 0.1) is 25.8 Å². The van der Waals surface area contributed by atoms with Crippen molar-refractivity contribution in [2.24, 2.45) is 5.73 Å². The minimum Gasteiger partial charge on any atom is -0.384 e. The quantitative estimate of drug-likeness (QED) is 0.193. The Morgan fingerprint density at radius 2 is 1.95 bits per heavy atom. The van der Waals surface area contributed by atoms with E-state index < -0.39 is 42.2 Å². The molecule has 1 aromatic heterocycles. The predicted octanol–water partition coefficient (Wildman–Crippen LogP) is 3.99. The van der Waals surface area contributed by atoms with Crippen molar-refractivity contribution in [3.63, 3.8) is 0 Å². The molecule has 3 heterocycles. The van der Waals surface area contributed by atoms with Crippen LogP contribution in [0.5, 0.6) is 0 Å². The maximum Gasteiger partial charge on any atom is 0.299 e. The number of rotatable bonds is 8. The molecule has 0 bridgehead atoms. The van der Waals surface area contributed by atoms with Gasteiger partial charge in [-0.2, -0.15) is 8.78 Å². The summed E-state index contributed by atoms with van der Waals surface area (Å²) in [6, 6.07) is 8.62. The van der Waals surface area contributed by atoms with Crippen molar-refractivity contribution in [1.82, 2.24) is 10.2 Å². The van der Waals surface area contributed by atoms with Gasteiger partial charge in [-0.25, -0.2) is 0 Å². The highest BCUT2D eigenvalue weighted by Gasteiger charge is 2.53. The number of nitrogens with zero attached hydrogens (tertiary/aromatic N) is 2. The fourth-order valence-electron chi connectivity index (χ4n) is 5.93. The van der Waals surface area contributed by atoms with Crippen molar-refractivity contribution < 1.29 is 32.6 Å². The van der Waals surface area contributed by atoms with E-state index in [1.54, 1.807) is 18.4 Å². The van der Waals surface area contributed by atoms with Crippen LogP contribution in [0.2, 0.25) is 5.02 Å². The number of amidine groups is 1. The number of thiophene rings is 1. The van der Waals surface area contributed by atoms with Gasteiger partial charge in [0.25, 0.3) is 5.92 Å². The van der Waals surface area contributed by atoms with E-state index in [4.69, 9.17) is 32.2 Å². The van der Waals surface area contributed by atoms with Crippen molar-refractivity contribution in [3.8, 4) is 11.1 Å². The number of fused-ring (bicyclic) bond motifs is 3. The maximum atomic E-state index is 15.2. The molecule has 2 aromatic carbocycles. The highest BCUT2D eigenvalue weighted by atomic mass is 35.5. The van der Waals surface area contributed by atoms with Crippen molar-refractivity contribution in [3.05, 3.63) is 74.4 Å². The maximum absolute atomic E-state index is 15.2. The normalized spacial score (nSPS) is 19.8. The molecule has 2 saturated heterocycles. The summed E-state index contributed by atoms with van der Waals surface area (Å²) < 4.78 is 41.9. The molecule has 3 aromatic rings. The minimum atomic E-state index is -3.27. The average molecular weight is 644 g/mol. The molecule has 2 aliphatic heterocycles. The van der Waals surface area contributed by atoms with Crippen LogP contribution in [-0.4, -0.2) is 67.1 Å². The van der Waals surface area contributed by atoms with Gasteiger partial charge in [-0.3, -0.25) is 19.8 Å². The number of ether oxygens (including phenoxy) is 2. The number of carbonyl (C=O) groups is 3. The van der Waals surface area contributed by atoms with Gasteiger partial charge >= 0.3 is 0 Å². The molecule has 1 spiro atoms. The molecule has 6 rings (SSSR count). The number of likely N-dealkylation sites (tertiary alicyclic amines) is 1. The van der Waals surface area contributed by atoms with Crippen LogP contribution in [-0.2, 0) is 29.8 Å². The Bertz CT molecular complexity index is 1680. The number of nitrogen functional groups attached to an aromatic ring is 1. The van der Waals surface area contributed by atoms with E-state index in [1.165, 1.54) is 52.6 Å². The number of alkyl halides is 2. The van der Waals surface area contributed by atoms with Gasteiger partial charge in [-0.15, -0.1) is 11.3 Å². The number of halogens is 3. The molecule has 0 unspecified atom stereocenters. The summed E-state index contributed by atoms with van der Waals surface area (Å²) in [6.07, 6.45) is 0.541. The number of nitrogens with one attached hydrogen (secondary N) is 2. The summed E-state index contributed by atoms with van der Waals surface area (Å²) in [4.78, 5) is 42.7. The van der Waals surface area contributed by atoms with Crippen LogP contribution in [0.25, 0.3) is 11.1 Å². The van der Waals surface area contributed by atoms with Gasteiger partial charge in [0.1, 0.15) is 18.4 Å². The number of hydrogen-bond donors (Lipinski definition) is 3. The highest BCUT2D eigenvalue weighted by Crippen LogP contribution is 2.52. The van der Waals surface area contributed by atoms with Gasteiger partial charge in [-0.1, -0.05) is 17.7 Å². The zero-order valence-electron chi connectivity index (χ0n) is 23.4. The third-order valence-corrected chi connectivity index (χ3v) is 9.51. The van der Waals surface area contributed by atoms with Crippen LogP contribution >= 0.6 is 22.9 Å². The SMILES string of the molecule is C[C@@H](NC(=O)[C@@H]1CC2(CN1C(=O)CN(C=O)c1ccc3c(c1)-c1ccc(Cl)cc1C3(F)F)OCCO2)c1cc(C(=N)N)cs1. The zero-order chi connectivity index (χ0) is 31.4. The molecule has 230 valence electrons. The van der Waals surface area contributed by atoms with Crippen LogP contribution in [0.1, 0.15) is 41.0 Å². The second-order valence-corrected chi connectivity index (χ2v) is 12.3. The Morgan fingerprint density at radius 1 is 1.20 bits per heavy atom. The van der Waals surface area contributed by atoms with E-state index in [-0.39, 0.29) is 51.8 Å². The van der Waals surface area contributed by atoms with E-state index in [2.05, 4.69) is 5.32 Å². The predicted molar refractivity (Wildman–Crippen MR) is 160 cm³/mol. The summed E-state index contributed by atoms with van der Waals surface area (Å²) in [5.41, 5.74) is 6.43. The third-order valence-electron chi connectivity index (χ3n) is 8.16. The van der Waals surface area contributed by atoms with Crippen molar-refractivity contribution in [1.29, 1.82) is 5.41 Å². The highest BCUT2D eigenvalue weighted by molar-refractivity contribution is 7.10. The number of carbonyl (C=O) groups excluding carboxylic acids is 3. The van der Waals surface area contributed by atoms with E-state index in [0.717, 1.165) is 9.78 Å². The monoisotopic (exact) mass is 643 g/mol. The summed E-state index contributed by atoms with van der Waals surface area (Å²) in [5.74, 6) is -5.49. The fraction of sp³-hybridized carbons (Fsp3) is 0.333. The smallest absolute Gasteiger partial charge is 0.299 e. The molecule has 10 nitrogen and oxygen atoms in total. The molecule has 1 aliphatic carbocycles. The molecule has 14 heteroatoms. The van der Waals surface area contributed by atoms with E-state index in [9.17, 15) is 14.4 Å². The Morgan fingerprint density at radius 3 is 2.64 bits per heavy atom. The number of nitrogens with two attached hydrogens (primary N) is 1. The average Bonchev–Trinajstić information content (AvgIpc) is 3.78. The fourth-order valence-corrected chi connectivity index (χ4v) is 7.02. The van der Waals surface area contributed by atoms with Gasteiger partial charge in [-0.05, 0) is 54.4 Å². The molecule has 2 fully saturated rings. The lowest BCUT2D eigenvalue weighted by Gasteiger charge is -2.27. The molecule has 3 aliphatic rings. The lowest BCUT2D eigenvalue weighted by atomic mass is 10.0. The molecule has 4 N–H and O–H groups in total. The van der Waals surface area contributed by atoms with Crippen LogP contribution < -0.4 is 16.0 Å². The molecule has 44 heavy (non-hydrogen) atoms. The second kappa shape index (κ2) is 11.2. The Kier molecular flexibility index (Phi) is 7.68.